The molecule has 1 N–H and O–H groups in total. The lowest BCUT2D eigenvalue weighted by Crippen LogP contribution is -2.19. The Kier molecular flexibility index (Phi) is 2.08. The van der Waals surface area contributed by atoms with E-state index in [0.717, 1.165) is 0 Å². The van der Waals surface area contributed by atoms with Crippen LogP contribution in [0.25, 0.3) is 11.5 Å². The minimum absolute atomic E-state index is 0.228. The van der Waals surface area contributed by atoms with E-state index in [2.05, 4.69) is 20.2 Å². The molecule has 3 aromatic heterocycles. The topological polar surface area (TPSA) is 81.4 Å². The van der Waals surface area contributed by atoms with Crippen LogP contribution in [-0.4, -0.2) is 29.5 Å². The molecule has 17 heavy (non-hydrogen) atoms. The number of H-pyrrole nitrogens is 1. The van der Waals surface area contributed by atoms with E-state index < -0.39 is 0 Å². The van der Waals surface area contributed by atoms with E-state index in [1.54, 1.807) is 24.5 Å². The van der Waals surface area contributed by atoms with Crippen LogP contribution in [0.2, 0.25) is 0 Å². The van der Waals surface area contributed by atoms with Crippen LogP contribution in [0.3, 0.4) is 0 Å². The van der Waals surface area contributed by atoms with Crippen LogP contribution in [0.15, 0.2) is 48.0 Å². The average molecular weight is 228 g/mol. The molecule has 3 heterocycles. The van der Waals surface area contributed by atoms with Crippen LogP contribution < -0.4 is 5.56 Å². The Labute approximate surface area is 95.4 Å². The molecular formula is C10H8N6O. The van der Waals surface area contributed by atoms with Gasteiger partial charge in [0.2, 0.25) is 0 Å². The largest absolute Gasteiger partial charge is 0.298 e. The first-order valence-electron chi connectivity index (χ1n) is 4.93. The van der Waals surface area contributed by atoms with Gasteiger partial charge in [0.1, 0.15) is 12.7 Å². The lowest BCUT2D eigenvalue weighted by molar-refractivity contribution is 0.810. The molecule has 3 aromatic rings. The molecule has 0 radical (unpaired) electrons. The zero-order valence-electron chi connectivity index (χ0n) is 8.69. The van der Waals surface area contributed by atoms with Gasteiger partial charge < -0.3 is 0 Å². The summed E-state index contributed by atoms with van der Waals surface area (Å²) in [5.74, 6) is 0.531. The lowest BCUT2D eigenvalue weighted by Gasteiger charge is -1.97. The van der Waals surface area contributed by atoms with Crippen molar-refractivity contribution in [3.63, 3.8) is 0 Å². The normalized spacial score (nSPS) is 10.6. The maximum atomic E-state index is 12.1. The van der Waals surface area contributed by atoms with Crippen LogP contribution in [0.4, 0.5) is 0 Å². The Bertz CT molecular complexity index is 666. The molecule has 0 amide bonds. The zero-order valence-corrected chi connectivity index (χ0v) is 8.69. The Balaban J connectivity index is 2.14. The molecule has 0 fully saturated rings. The summed E-state index contributed by atoms with van der Waals surface area (Å²) in [6.07, 6.45) is 6.02. The first-order chi connectivity index (χ1) is 8.36. The maximum absolute atomic E-state index is 12.1. The fraction of sp³-hybridized carbons (Fsp3) is 0. The quantitative estimate of drug-likeness (QED) is 0.676. The minimum atomic E-state index is -0.228. The van der Waals surface area contributed by atoms with Gasteiger partial charge in [0.15, 0.2) is 11.5 Å². The predicted octanol–water partition coefficient (Wildman–Crippen LogP) is 0.141. The summed E-state index contributed by atoms with van der Waals surface area (Å²) in [5, 5.41) is 6.74. The molecule has 84 valence electrons. The number of pyridine rings is 1. The van der Waals surface area contributed by atoms with Crippen molar-refractivity contribution in [2.24, 2.45) is 0 Å². The molecule has 7 nitrogen and oxygen atoms in total. The Morgan fingerprint density at radius 2 is 2.24 bits per heavy atom. The summed E-state index contributed by atoms with van der Waals surface area (Å²) in [4.78, 5) is 20.0. The van der Waals surface area contributed by atoms with Gasteiger partial charge in [-0.05, 0) is 12.1 Å². The molecule has 0 aromatic carbocycles. The highest BCUT2D eigenvalue weighted by molar-refractivity contribution is 5.29. The molecule has 0 spiro atoms. The van der Waals surface area contributed by atoms with Crippen molar-refractivity contribution in [2.75, 3.05) is 0 Å². The van der Waals surface area contributed by atoms with E-state index >= 15 is 0 Å². The summed E-state index contributed by atoms with van der Waals surface area (Å²) in [6.45, 7) is 0. The molecule has 0 aliphatic heterocycles. The molecule has 0 bridgehead atoms. The third-order valence-corrected chi connectivity index (χ3v) is 2.30. The lowest BCUT2D eigenvalue weighted by atomic mass is 10.5. The smallest absolute Gasteiger partial charge is 0.295 e. The number of hydrogen-bond acceptors (Lipinski definition) is 4. The van der Waals surface area contributed by atoms with Gasteiger partial charge in [-0.3, -0.25) is 9.89 Å². The maximum Gasteiger partial charge on any atom is 0.298 e. The van der Waals surface area contributed by atoms with Crippen LogP contribution in [0, 0.1) is 0 Å². The Morgan fingerprint density at radius 1 is 1.29 bits per heavy atom. The highest BCUT2D eigenvalue weighted by Gasteiger charge is 2.10. The van der Waals surface area contributed by atoms with Gasteiger partial charge in [-0.2, -0.15) is 9.78 Å². The fourth-order valence-corrected chi connectivity index (χ4v) is 1.51. The van der Waals surface area contributed by atoms with Crippen molar-refractivity contribution in [2.45, 2.75) is 0 Å². The predicted molar refractivity (Wildman–Crippen MR) is 59.1 cm³/mol. The van der Waals surface area contributed by atoms with E-state index in [-0.39, 0.29) is 5.56 Å². The first kappa shape index (κ1) is 9.52. The summed E-state index contributed by atoms with van der Waals surface area (Å²) in [5.41, 5.74) is 0.169. The second-order valence-corrected chi connectivity index (χ2v) is 3.33. The number of aromatic amines is 1. The fourth-order valence-electron chi connectivity index (χ4n) is 1.51. The monoisotopic (exact) mass is 228 g/mol. The van der Waals surface area contributed by atoms with Gasteiger partial charge in [0.25, 0.3) is 5.56 Å². The van der Waals surface area contributed by atoms with E-state index in [0.29, 0.717) is 11.5 Å². The van der Waals surface area contributed by atoms with E-state index in [9.17, 15) is 4.79 Å². The Hall–Kier alpha value is -2.70. The van der Waals surface area contributed by atoms with Gasteiger partial charge in [-0.15, -0.1) is 0 Å². The molecule has 0 aliphatic carbocycles. The van der Waals surface area contributed by atoms with Gasteiger partial charge >= 0.3 is 0 Å². The van der Waals surface area contributed by atoms with Crippen molar-refractivity contribution in [3.05, 3.63) is 53.6 Å². The molecule has 0 aliphatic rings. The molecule has 0 atom stereocenters. The van der Waals surface area contributed by atoms with Gasteiger partial charge in [0, 0.05) is 6.20 Å². The van der Waals surface area contributed by atoms with Crippen LogP contribution >= 0.6 is 0 Å². The number of nitrogens with one attached hydrogen (secondary N) is 1. The third kappa shape index (κ3) is 1.53. The van der Waals surface area contributed by atoms with Crippen LogP contribution in [0.1, 0.15) is 0 Å². The van der Waals surface area contributed by atoms with Crippen molar-refractivity contribution in [3.8, 4) is 11.5 Å². The van der Waals surface area contributed by atoms with Crippen molar-refractivity contribution < 1.29 is 0 Å². The highest BCUT2D eigenvalue weighted by atomic mass is 16.1. The SMILES string of the molecule is O=c1c(-n2cncn2)c[nH]n1-c1ccccn1. The molecule has 0 saturated heterocycles. The number of nitrogens with zero attached hydrogens (tertiary/aromatic N) is 5. The number of aromatic nitrogens is 6. The molecular weight excluding hydrogens is 220 g/mol. The van der Waals surface area contributed by atoms with Crippen LogP contribution in [-0.2, 0) is 0 Å². The standard InChI is InChI=1S/C10H8N6O/c17-10-8(15-7-11-6-14-15)5-13-16(10)9-3-1-2-4-12-9/h1-7,13H. The summed E-state index contributed by atoms with van der Waals surface area (Å²) in [6, 6.07) is 5.34. The highest BCUT2D eigenvalue weighted by Crippen LogP contribution is 2.01. The van der Waals surface area contributed by atoms with E-state index in [1.807, 2.05) is 6.07 Å². The van der Waals surface area contributed by atoms with Crippen molar-refractivity contribution in [1.29, 1.82) is 0 Å². The van der Waals surface area contributed by atoms with E-state index in [1.165, 1.54) is 22.0 Å². The Morgan fingerprint density at radius 3 is 2.94 bits per heavy atom. The van der Waals surface area contributed by atoms with Gasteiger partial charge in [0.05, 0.1) is 6.20 Å². The number of rotatable bonds is 2. The minimum Gasteiger partial charge on any atom is -0.295 e. The second-order valence-electron chi connectivity index (χ2n) is 3.33. The molecule has 0 unspecified atom stereocenters. The third-order valence-electron chi connectivity index (χ3n) is 2.30. The van der Waals surface area contributed by atoms with Gasteiger partial charge in [-0.25, -0.2) is 14.6 Å². The molecule has 3 rings (SSSR count). The van der Waals surface area contributed by atoms with Crippen LogP contribution in [0.5, 0.6) is 0 Å². The van der Waals surface area contributed by atoms with E-state index in [4.69, 9.17) is 0 Å². The molecule has 7 heteroatoms. The van der Waals surface area contributed by atoms with Gasteiger partial charge in [-0.1, -0.05) is 6.07 Å². The summed E-state index contributed by atoms with van der Waals surface area (Å²) >= 11 is 0. The zero-order chi connectivity index (χ0) is 11.7. The summed E-state index contributed by atoms with van der Waals surface area (Å²) in [7, 11) is 0. The average Bonchev–Trinajstić information content (AvgIpc) is 2.99. The number of hydrogen-bond donors (Lipinski definition) is 1. The van der Waals surface area contributed by atoms with Crippen molar-refractivity contribution in [1.82, 2.24) is 29.5 Å². The van der Waals surface area contributed by atoms with Crippen molar-refractivity contribution >= 4 is 0 Å². The molecule has 0 saturated carbocycles. The summed E-state index contributed by atoms with van der Waals surface area (Å²) < 4.78 is 2.75. The second kappa shape index (κ2) is 3.71. The first-order valence-corrected chi connectivity index (χ1v) is 4.93.